The molecule has 0 aromatic heterocycles. The van der Waals surface area contributed by atoms with E-state index in [0.717, 1.165) is 12.0 Å². The molecule has 0 bridgehead atoms. The number of benzene rings is 2. The summed E-state index contributed by atoms with van der Waals surface area (Å²) >= 11 is 0. The van der Waals surface area contributed by atoms with E-state index < -0.39 is 5.97 Å². The molecule has 2 rings (SSSR count). The number of nitrogens with zero attached hydrogens (tertiary/aromatic N) is 1. The van der Waals surface area contributed by atoms with Gasteiger partial charge in [-0.15, -0.1) is 0 Å². The first-order chi connectivity index (χ1) is 14.9. The van der Waals surface area contributed by atoms with Gasteiger partial charge in [0.25, 0.3) is 5.91 Å². The summed E-state index contributed by atoms with van der Waals surface area (Å²) in [5.41, 5.74) is 2.58. The van der Waals surface area contributed by atoms with Gasteiger partial charge >= 0.3 is 5.97 Å². The maximum absolute atomic E-state index is 13.4. The maximum atomic E-state index is 13.4. The summed E-state index contributed by atoms with van der Waals surface area (Å²) in [6.07, 6.45) is 2.09. The third-order valence-corrected chi connectivity index (χ3v) is 5.56. The third-order valence-electron chi connectivity index (χ3n) is 5.56. The van der Waals surface area contributed by atoms with Crippen molar-refractivity contribution in [3.63, 3.8) is 0 Å². The molecule has 31 heavy (non-hydrogen) atoms. The number of rotatable bonds is 12. The summed E-state index contributed by atoms with van der Waals surface area (Å²) in [4.78, 5) is 26.0. The first-order valence-electron chi connectivity index (χ1n) is 10.7. The van der Waals surface area contributed by atoms with Crippen LogP contribution in [0.2, 0.25) is 0 Å². The van der Waals surface area contributed by atoms with Crippen LogP contribution in [0.25, 0.3) is 0 Å². The van der Waals surface area contributed by atoms with Gasteiger partial charge in [0.1, 0.15) is 11.5 Å². The van der Waals surface area contributed by atoms with E-state index in [9.17, 15) is 9.59 Å². The lowest BCUT2D eigenvalue weighted by molar-refractivity contribution is -0.137. The van der Waals surface area contributed by atoms with E-state index in [2.05, 4.69) is 19.1 Å². The highest BCUT2D eigenvalue weighted by Gasteiger charge is 2.20. The number of carboxylic acid groups (broad SMARTS) is 1. The Hall–Kier alpha value is -3.02. The van der Waals surface area contributed by atoms with Crippen LogP contribution in [0, 0.1) is 6.92 Å². The number of aliphatic carboxylic acids is 1. The molecule has 1 amide bonds. The van der Waals surface area contributed by atoms with Crippen LogP contribution >= 0.6 is 0 Å². The molecule has 1 unspecified atom stereocenters. The molecule has 0 fully saturated rings. The number of methoxy groups -OCH3 is 2. The Morgan fingerprint density at radius 2 is 1.61 bits per heavy atom. The second kappa shape index (κ2) is 12.0. The first-order valence-corrected chi connectivity index (χ1v) is 10.7. The highest BCUT2D eigenvalue weighted by molar-refractivity contribution is 5.95. The van der Waals surface area contributed by atoms with Gasteiger partial charge in [-0.3, -0.25) is 9.59 Å². The Labute approximate surface area is 184 Å². The third kappa shape index (κ3) is 7.02. The highest BCUT2D eigenvalue weighted by Crippen LogP contribution is 2.30. The molecule has 0 saturated heterocycles. The van der Waals surface area contributed by atoms with Crippen LogP contribution in [0.4, 0.5) is 0 Å². The normalized spacial score (nSPS) is 11.6. The number of carboxylic acids is 1. The van der Waals surface area contributed by atoms with Crippen LogP contribution in [0.3, 0.4) is 0 Å². The maximum Gasteiger partial charge on any atom is 0.303 e. The Morgan fingerprint density at radius 3 is 2.16 bits per heavy atom. The monoisotopic (exact) mass is 427 g/mol. The van der Waals surface area contributed by atoms with Gasteiger partial charge < -0.3 is 19.5 Å². The molecule has 2 aromatic carbocycles. The molecule has 0 aliphatic carbocycles. The average Bonchev–Trinajstić information content (AvgIpc) is 2.78. The van der Waals surface area contributed by atoms with E-state index in [1.807, 2.05) is 30.0 Å². The number of ether oxygens (including phenoxy) is 2. The van der Waals surface area contributed by atoms with Crippen LogP contribution < -0.4 is 9.47 Å². The summed E-state index contributed by atoms with van der Waals surface area (Å²) in [5.74, 6) is 0.589. The standard InChI is InChI=1S/C25H33NO5/c1-18(20-10-6-5-7-11-20)13-15-26(14-9-8-12-24(27)28)25(29)21-16-22(30-3)19(2)23(17-21)31-4/h5-7,10-11,16-18H,8-9,12-15H2,1-4H3,(H,27,28). The van der Waals surface area contributed by atoms with Crippen molar-refractivity contribution in [2.45, 2.75) is 45.4 Å². The summed E-state index contributed by atoms with van der Waals surface area (Å²) in [5, 5.41) is 8.90. The van der Waals surface area contributed by atoms with Crippen molar-refractivity contribution in [1.82, 2.24) is 4.90 Å². The second-order valence-electron chi connectivity index (χ2n) is 7.75. The molecule has 1 N–H and O–H groups in total. The predicted octanol–water partition coefficient (Wildman–Crippen LogP) is 4.90. The van der Waals surface area contributed by atoms with Crippen LogP contribution in [-0.2, 0) is 4.79 Å². The molecule has 0 saturated carbocycles. The van der Waals surface area contributed by atoms with Crippen molar-refractivity contribution in [1.29, 1.82) is 0 Å². The smallest absolute Gasteiger partial charge is 0.303 e. The Bertz CT molecular complexity index is 840. The van der Waals surface area contributed by atoms with Crippen LogP contribution in [0.5, 0.6) is 11.5 Å². The van der Waals surface area contributed by atoms with Gasteiger partial charge in [-0.2, -0.15) is 0 Å². The summed E-state index contributed by atoms with van der Waals surface area (Å²) in [7, 11) is 3.14. The van der Waals surface area contributed by atoms with Crippen molar-refractivity contribution in [3.05, 3.63) is 59.2 Å². The Balaban J connectivity index is 2.18. The zero-order chi connectivity index (χ0) is 22.8. The Morgan fingerprint density at radius 1 is 1.00 bits per heavy atom. The lowest BCUT2D eigenvalue weighted by atomic mass is 9.97. The molecule has 0 aliphatic heterocycles. The van der Waals surface area contributed by atoms with Crippen molar-refractivity contribution < 1.29 is 24.2 Å². The largest absolute Gasteiger partial charge is 0.496 e. The van der Waals surface area contributed by atoms with Crippen molar-refractivity contribution in [2.75, 3.05) is 27.3 Å². The zero-order valence-electron chi connectivity index (χ0n) is 18.9. The van der Waals surface area contributed by atoms with Gasteiger partial charge in [-0.25, -0.2) is 0 Å². The number of amides is 1. The van der Waals surface area contributed by atoms with E-state index in [0.29, 0.717) is 48.9 Å². The molecule has 168 valence electrons. The van der Waals surface area contributed by atoms with Crippen LogP contribution in [-0.4, -0.2) is 49.2 Å². The summed E-state index contributed by atoms with van der Waals surface area (Å²) < 4.78 is 10.8. The predicted molar refractivity (Wildman–Crippen MR) is 121 cm³/mol. The fraction of sp³-hybridized carbons (Fsp3) is 0.440. The molecule has 6 heteroatoms. The minimum absolute atomic E-state index is 0.104. The van der Waals surface area contributed by atoms with E-state index in [1.165, 1.54) is 5.56 Å². The number of carbonyl (C=O) groups excluding carboxylic acids is 1. The quantitative estimate of drug-likeness (QED) is 0.488. The van der Waals surface area contributed by atoms with Crippen molar-refractivity contribution in [3.8, 4) is 11.5 Å². The minimum Gasteiger partial charge on any atom is -0.496 e. The fourth-order valence-corrected chi connectivity index (χ4v) is 3.58. The first kappa shape index (κ1) is 24.3. The molecule has 1 atom stereocenters. The summed E-state index contributed by atoms with van der Waals surface area (Å²) in [6.45, 7) is 5.13. The molecule has 0 heterocycles. The zero-order valence-corrected chi connectivity index (χ0v) is 18.9. The van der Waals surface area contributed by atoms with E-state index >= 15 is 0 Å². The lowest BCUT2D eigenvalue weighted by Gasteiger charge is -2.25. The molecule has 2 aromatic rings. The fourth-order valence-electron chi connectivity index (χ4n) is 3.58. The van der Waals surface area contributed by atoms with Crippen LogP contribution in [0.1, 0.15) is 60.0 Å². The van der Waals surface area contributed by atoms with Crippen molar-refractivity contribution in [2.24, 2.45) is 0 Å². The highest BCUT2D eigenvalue weighted by atomic mass is 16.5. The molecule has 0 spiro atoms. The van der Waals surface area contributed by atoms with E-state index in [-0.39, 0.29) is 12.3 Å². The Kier molecular flexibility index (Phi) is 9.38. The van der Waals surface area contributed by atoms with Gasteiger partial charge in [0, 0.05) is 30.6 Å². The molecule has 6 nitrogen and oxygen atoms in total. The minimum atomic E-state index is -0.816. The topological polar surface area (TPSA) is 76.1 Å². The number of unbranched alkanes of at least 4 members (excludes halogenated alkanes) is 1. The summed E-state index contributed by atoms with van der Waals surface area (Å²) in [6, 6.07) is 13.7. The van der Waals surface area contributed by atoms with E-state index in [4.69, 9.17) is 14.6 Å². The lowest BCUT2D eigenvalue weighted by Crippen LogP contribution is -2.33. The van der Waals surface area contributed by atoms with Gasteiger partial charge in [0.05, 0.1) is 14.2 Å². The molecular weight excluding hydrogens is 394 g/mol. The van der Waals surface area contributed by atoms with Gasteiger partial charge in [0.2, 0.25) is 0 Å². The molecule has 0 aliphatic rings. The van der Waals surface area contributed by atoms with Gasteiger partial charge in [0.15, 0.2) is 0 Å². The number of hydrogen-bond acceptors (Lipinski definition) is 4. The second-order valence-corrected chi connectivity index (χ2v) is 7.75. The average molecular weight is 428 g/mol. The molecule has 0 radical (unpaired) electrons. The number of hydrogen-bond donors (Lipinski definition) is 1. The van der Waals surface area contributed by atoms with Gasteiger partial charge in [-0.1, -0.05) is 37.3 Å². The van der Waals surface area contributed by atoms with Gasteiger partial charge in [-0.05, 0) is 49.8 Å². The van der Waals surface area contributed by atoms with E-state index in [1.54, 1.807) is 26.4 Å². The van der Waals surface area contributed by atoms with Crippen LogP contribution in [0.15, 0.2) is 42.5 Å². The molecular formula is C25H33NO5. The SMILES string of the molecule is COc1cc(C(=O)N(CCCCC(=O)O)CCC(C)c2ccccc2)cc(OC)c1C. The number of carbonyl (C=O) groups is 2. The van der Waals surface area contributed by atoms with Crippen molar-refractivity contribution >= 4 is 11.9 Å².